The Bertz CT molecular complexity index is 1860. The molecule has 46 heavy (non-hydrogen) atoms. The van der Waals surface area contributed by atoms with Crippen LogP contribution >= 0.6 is 27.7 Å². The molecule has 4 aromatic rings. The SMILES string of the molecule is COc1ccc(C=C(NC(=O)c2ccccc2)C(=O)Nc2cccc(SC3CC(=O)N(c4ccc(C(C)=O)cc4)C3=O)c2)cc1Br. The minimum atomic E-state index is -0.667. The molecule has 1 saturated heterocycles. The van der Waals surface area contributed by atoms with Crippen molar-refractivity contribution in [1.29, 1.82) is 0 Å². The van der Waals surface area contributed by atoms with Crippen LogP contribution in [0.5, 0.6) is 5.75 Å². The fourth-order valence-corrected chi connectivity index (χ4v) is 6.38. The largest absolute Gasteiger partial charge is 0.496 e. The van der Waals surface area contributed by atoms with Crippen LogP contribution in [0.1, 0.15) is 39.6 Å². The van der Waals surface area contributed by atoms with Gasteiger partial charge in [-0.2, -0.15) is 0 Å². The van der Waals surface area contributed by atoms with E-state index in [4.69, 9.17) is 4.74 Å². The van der Waals surface area contributed by atoms with E-state index in [1.807, 2.05) is 0 Å². The Kier molecular flexibility index (Phi) is 10.1. The zero-order valence-electron chi connectivity index (χ0n) is 24.8. The van der Waals surface area contributed by atoms with Crippen LogP contribution in [0.15, 0.2) is 112 Å². The summed E-state index contributed by atoms with van der Waals surface area (Å²) in [5.41, 5.74) is 2.36. The summed E-state index contributed by atoms with van der Waals surface area (Å²) in [6.07, 6.45) is 1.56. The first kappa shape index (κ1) is 32.4. The van der Waals surface area contributed by atoms with E-state index in [1.54, 1.807) is 110 Å². The van der Waals surface area contributed by atoms with Gasteiger partial charge in [-0.15, -0.1) is 11.8 Å². The molecule has 9 nitrogen and oxygen atoms in total. The number of imide groups is 1. The number of benzene rings is 4. The molecule has 1 aliphatic heterocycles. The monoisotopic (exact) mass is 697 g/mol. The lowest BCUT2D eigenvalue weighted by Crippen LogP contribution is -2.31. The van der Waals surface area contributed by atoms with Gasteiger partial charge in [-0.1, -0.05) is 30.3 Å². The Hall–Kier alpha value is -5.00. The average molecular weight is 699 g/mol. The number of carbonyl (C=O) groups is 5. The van der Waals surface area contributed by atoms with Crippen molar-refractivity contribution in [3.63, 3.8) is 0 Å². The molecule has 0 radical (unpaired) electrons. The average Bonchev–Trinajstić information content (AvgIpc) is 3.32. The maximum absolute atomic E-state index is 13.5. The molecule has 0 saturated carbocycles. The Balaban J connectivity index is 1.33. The van der Waals surface area contributed by atoms with E-state index < -0.39 is 17.1 Å². The highest BCUT2D eigenvalue weighted by Gasteiger charge is 2.40. The molecular formula is C35H28BrN3O6S. The number of rotatable bonds is 10. The number of amides is 4. The predicted octanol–water partition coefficient (Wildman–Crippen LogP) is 6.49. The van der Waals surface area contributed by atoms with Gasteiger partial charge in [0.2, 0.25) is 11.8 Å². The smallest absolute Gasteiger partial charge is 0.272 e. The number of methoxy groups -OCH3 is 1. The molecule has 1 aliphatic rings. The number of nitrogens with one attached hydrogen (secondary N) is 2. The fraction of sp³-hybridized carbons (Fsp3) is 0.114. The van der Waals surface area contributed by atoms with Gasteiger partial charge in [0, 0.05) is 28.1 Å². The van der Waals surface area contributed by atoms with Crippen molar-refractivity contribution in [3.8, 4) is 5.75 Å². The zero-order valence-corrected chi connectivity index (χ0v) is 27.2. The van der Waals surface area contributed by atoms with Crippen LogP contribution in [0.3, 0.4) is 0 Å². The van der Waals surface area contributed by atoms with Crippen LogP contribution in [0.4, 0.5) is 11.4 Å². The van der Waals surface area contributed by atoms with E-state index in [9.17, 15) is 24.0 Å². The number of thioether (sulfide) groups is 1. The van der Waals surface area contributed by atoms with Gasteiger partial charge in [0.05, 0.1) is 22.5 Å². The van der Waals surface area contributed by atoms with E-state index in [2.05, 4.69) is 26.6 Å². The van der Waals surface area contributed by atoms with Crippen molar-refractivity contribution < 1.29 is 28.7 Å². The number of carbonyl (C=O) groups excluding carboxylic acids is 5. The Morgan fingerprint density at radius 2 is 1.65 bits per heavy atom. The number of hydrogen-bond acceptors (Lipinski definition) is 7. The maximum atomic E-state index is 13.5. The van der Waals surface area contributed by atoms with E-state index in [1.165, 1.54) is 18.7 Å². The summed E-state index contributed by atoms with van der Waals surface area (Å²) in [5.74, 6) is -1.21. The van der Waals surface area contributed by atoms with Gasteiger partial charge in [-0.3, -0.25) is 24.0 Å². The molecule has 232 valence electrons. The fourth-order valence-electron chi connectivity index (χ4n) is 4.70. The maximum Gasteiger partial charge on any atom is 0.272 e. The molecule has 4 amide bonds. The summed E-state index contributed by atoms with van der Waals surface area (Å²) in [6.45, 7) is 1.45. The normalized spacial score (nSPS) is 14.6. The molecule has 2 N–H and O–H groups in total. The van der Waals surface area contributed by atoms with Crippen LogP contribution < -0.4 is 20.3 Å². The first-order valence-electron chi connectivity index (χ1n) is 14.1. The number of hydrogen-bond donors (Lipinski definition) is 2. The molecule has 0 aliphatic carbocycles. The molecule has 0 aromatic heterocycles. The lowest BCUT2D eigenvalue weighted by molar-refractivity contribution is -0.121. The molecular weight excluding hydrogens is 670 g/mol. The summed E-state index contributed by atoms with van der Waals surface area (Å²) < 4.78 is 5.97. The quantitative estimate of drug-likeness (QED) is 0.110. The van der Waals surface area contributed by atoms with Crippen molar-refractivity contribution in [1.82, 2.24) is 5.32 Å². The summed E-state index contributed by atoms with van der Waals surface area (Å²) in [7, 11) is 1.55. The Morgan fingerprint density at radius 3 is 2.33 bits per heavy atom. The van der Waals surface area contributed by atoms with Crippen LogP contribution in [0.2, 0.25) is 0 Å². The number of ketones is 1. The second-order valence-electron chi connectivity index (χ2n) is 10.2. The standard InChI is InChI=1S/C35H28BrN3O6S/c1-21(40)23-12-14-26(15-13-23)39-32(41)20-31(35(39)44)46-27-10-6-9-25(19-27)37-34(43)29(38-33(42)24-7-4-3-5-8-24)18-22-11-16-30(45-2)28(36)17-22/h3-19,31H,20H2,1-2H3,(H,37,43)(H,38,42). The topological polar surface area (TPSA) is 122 Å². The van der Waals surface area contributed by atoms with Crippen LogP contribution in [0.25, 0.3) is 6.08 Å². The first-order chi connectivity index (χ1) is 22.1. The van der Waals surface area contributed by atoms with E-state index in [-0.39, 0.29) is 29.7 Å². The van der Waals surface area contributed by atoms with E-state index in [0.717, 1.165) is 4.90 Å². The summed E-state index contributed by atoms with van der Waals surface area (Å²) in [6, 6.07) is 27.0. The van der Waals surface area contributed by atoms with Crippen LogP contribution in [-0.4, -0.2) is 41.8 Å². The molecule has 1 unspecified atom stereocenters. The van der Waals surface area contributed by atoms with Gasteiger partial charge < -0.3 is 15.4 Å². The highest BCUT2D eigenvalue weighted by molar-refractivity contribution is 9.10. The summed E-state index contributed by atoms with van der Waals surface area (Å²) in [5, 5.41) is 4.88. The van der Waals surface area contributed by atoms with Crippen molar-refractivity contribution in [2.45, 2.75) is 23.5 Å². The molecule has 1 heterocycles. The van der Waals surface area contributed by atoms with Gasteiger partial charge in [0.15, 0.2) is 5.78 Å². The number of nitrogens with zero attached hydrogens (tertiary/aromatic N) is 1. The van der Waals surface area contributed by atoms with E-state index in [0.29, 0.717) is 43.2 Å². The third-order valence-corrected chi connectivity index (χ3v) is 8.82. The number of halogens is 1. The minimum absolute atomic E-state index is 0.00434. The highest BCUT2D eigenvalue weighted by Crippen LogP contribution is 2.35. The second kappa shape index (κ2) is 14.4. The lowest BCUT2D eigenvalue weighted by Gasteiger charge is -2.15. The Labute approximate surface area is 278 Å². The van der Waals surface area contributed by atoms with Crippen molar-refractivity contribution >= 4 is 74.6 Å². The number of anilines is 2. The molecule has 5 rings (SSSR count). The predicted molar refractivity (Wildman–Crippen MR) is 181 cm³/mol. The number of Topliss-reactive ketones (excluding diaryl/α,β-unsaturated/α-hetero) is 1. The van der Waals surface area contributed by atoms with Gasteiger partial charge >= 0.3 is 0 Å². The molecule has 0 bridgehead atoms. The summed E-state index contributed by atoms with van der Waals surface area (Å²) >= 11 is 4.66. The molecule has 1 fully saturated rings. The van der Waals surface area contributed by atoms with Crippen molar-refractivity contribution in [2.75, 3.05) is 17.3 Å². The van der Waals surface area contributed by atoms with Crippen LogP contribution in [0, 0.1) is 0 Å². The molecule has 4 aromatic carbocycles. The second-order valence-corrected chi connectivity index (χ2v) is 12.4. The van der Waals surface area contributed by atoms with Gasteiger partial charge in [-0.05, 0) is 101 Å². The lowest BCUT2D eigenvalue weighted by atomic mass is 10.1. The third-order valence-electron chi connectivity index (χ3n) is 7.02. The molecule has 1 atom stereocenters. The number of ether oxygens (including phenoxy) is 1. The Morgan fingerprint density at radius 1 is 0.913 bits per heavy atom. The highest BCUT2D eigenvalue weighted by atomic mass is 79.9. The van der Waals surface area contributed by atoms with Crippen LogP contribution in [-0.2, 0) is 14.4 Å². The minimum Gasteiger partial charge on any atom is -0.496 e. The zero-order chi connectivity index (χ0) is 32.8. The molecule has 0 spiro atoms. The van der Waals surface area contributed by atoms with Crippen molar-refractivity contribution in [2.24, 2.45) is 0 Å². The van der Waals surface area contributed by atoms with Gasteiger partial charge in [-0.25, -0.2) is 4.90 Å². The van der Waals surface area contributed by atoms with E-state index >= 15 is 0 Å². The van der Waals surface area contributed by atoms with Crippen molar-refractivity contribution in [3.05, 3.63) is 124 Å². The van der Waals surface area contributed by atoms with Gasteiger partial charge in [0.1, 0.15) is 11.4 Å². The summed E-state index contributed by atoms with van der Waals surface area (Å²) in [4.78, 5) is 66.0. The third kappa shape index (κ3) is 7.61. The molecule has 11 heteroatoms. The first-order valence-corrected chi connectivity index (χ1v) is 15.8. The van der Waals surface area contributed by atoms with Gasteiger partial charge in [0.25, 0.3) is 11.8 Å².